The Morgan fingerprint density at radius 1 is 1.30 bits per heavy atom. The fourth-order valence-corrected chi connectivity index (χ4v) is 3.35. The van der Waals surface area contributed by atoms with Crippen LogP contribution in [0.4, 0.5) is 4.79 Å². The van der Waals surface area contributed by atoms with Crippen LogP contribution in [-0.4, -0.2) is 22.7 Å². The topological polar surface area (TPSA) is 66.5 Å². The lowest BCUT2D eigenvalue weighted by atomic mass is 9.78. The normalized spacial score (nSPS) is 19.9. The van der Waals surface area contributed by atoms with Crippen LogP contribution in [-0.2, 0) is 9.59 Å². The largest absolute Gasteiger partial charge is 0.331 e. The van der Waals surface area contributed by atoms with Crippen molar-refractivity contribution < 1.29 is 14.4 Å². The zero-order chi connectivity index (χ0) is 14.9. The van der Waals surface area contributed by atoms with Gasteiger partial charge in [-0.05, 0) is 31.2 Å². The Morgan fingerprint density at radius 2 is 1.95 bits per heavy atom. The molecule has 4 amide bonds. The Hall–Kier alpha value is -1.69. The third-order valence-corrected chi connectivity index (χ3v) is 5.09. The standard InChI is InChI=1S/C14H18N2O3S/c1-4-14(5-2)11(17)15-13(19)16(12(14)18)9(3)10-7-6-8-20-10/h6-9H,4-5H2,1-3H3,(H,15,17,19). The molecule has 0 radical (unpaired) electrons. The van der Waals surface area contributed by atoms with Crippen molar-refractivity contribution in [2.45, 2.75) is 39.7 Å². The van der Waals surface area contributed by atoms with Crippen LogP contribution in [0.2, 0.25) is 0 Å². The Bertz CT molecular complexity index is 535. The minimum Gasteiger partial charge on any atom is -0.277 e. The van der Waals surface area contributed by atoms with Gasteiger partial charge in [-0.3, -0.25) is 19.8 Å². The van der Waals surface area contributed by atoms with E-state index in [1.807, 2.05) is 17.5 Å². The summed E-state index contributed by atoms with van der Waals surface area (Å²) in [5.74, 6) is -0.871. The molecule has 1 aromatic heterocycles. The second-order valence-electron chi connectivity index (χ2n) is 4.92. The van der Waals surface area contributed by atoms with Gasteiger partial charge in [0.1, 0.15) is 5.41 Å². The number of amides is 4. The number of nitrogens with one attached hydrogen (secondary N) is 1. The summed E-state index contributed by atoms with van der Waals surface area (Å²) in [4.78, 5) is 38.9. The summed E-state index contributed by atoms with van der Waals surface area (Å²) in [6, 6.07) is 2.76. The molecule has 0 spiro atoms. The second-order valence-corrected chi connectivity index (χ2v) is 5.89. The molecule has 1 aliphatic heterocycles. The zero-order valence-electron chi connectivity index (χ0n) is 11.8. The summed E-state index contributed by atoms with van der Waals surface area (Å²) in [5, 5.41) is 4.23. The molecule has 2 heterocycles. The van der Waals surface area contributed by atoms with Crippen molar-refractivity contribution in [2.75, 3.05) is 0 Å². The molecular weight excluding hydrogens is 276 g/mol. The van der Waals surface area contributed by atoms with E-state index in [-0.39, 0.29) is 6.04 Å². The molecule has 1 atom stereocenters. The predicted molar refractivity (Wildman–Crippen MR) is 76.1 cm³/mol. The average Bonchev–Trinajstić information content (AvgIpc) is 2.93. The third kappa shape index (κ3) is 2.04. The summed E-state index contributed by atoms with van der Waals surface area (Å²) in [7, 11) is 0. The van der Waals surface area contributed by atoms with E-state index in [0.29, 0.717) is 12.8 Å². The molecule has 1 fully saturated rings. The Balaban J connectivity index is 2.40. The Kier molecular flexibility index (Phi) is 3.94. The number of rotatable bonds is 4. The quantitative estimate of drug-likeness (QED) is 0.868. The molecule has 0 aromatic carbocycles. The molecule has 1 saturated heterocycles. The van der Waals surface area contributed by atoms with Crippen LogP contribution in [0.1, 0.15) is 44.5 Å². The minimum atomic E-state index is -1.13. The molecule has 0 aliphatic carbocycles. The van der Waals surface area contributed by atoms with E-state index in [2.05, 4.69) is 5.32 Å². The van der Waals surface area contributed by atoms with Gasteiger partial charge in [-0.2, -0.15) is 0 Å². The van der Waals surface area contributed by atoms with Crippen LogP contribution in [0.3, 0.4) is 0 Å². The van der Waals surface area contributed by atoms with Crippen molar-refractivity contribution >= 4 is 29.2 Å². The van der Waals surface area contributed by atoms with Crippen LogP contribution in [0, 0.1) is 5.41 Å². The van der Waals surface area contributed by atoms with Crippen molar-refractivity contribution in [3.63, 3.8) is 0 Å². The van der Waals surface area contributed by atoms with Crippen LogP contribution >= 0.6 is 11.3 Å². The summed E-state index contributed by atoms with van der Waals surface area (Å²) in [6.07, 6.45) is 0.768. The summed E-state index contributed by atoms with van der Waals surface area (Å²) in [5.41, 5.74) is -1.13. The third-order valence-electron chi connectivity index (χ3n) is 4.05. The predicted octanol–water partition coefficient (Wildman–Crippen LogP) is 2.69. The molecule has 0 saturated carbocycles. The number of urea groups is 1. The van der Waals surface area contributed by atoms with Crippen molar-refractivity contribution in [1.82, 2.24) is 10.2 Å². The van der Waals surface area contributed by atoms with E-state index >= 15 is 0 Å². The fraction of sp³-hybridized carbons (Fsp3) is 0.500. The summed E-state index contributed by atoms with van der Waals surface area (Å²) >= 11 is 1.49. The lowest BCUT2D eigenvalue weighted by Gasteiger charge is -2.40. The highest BCUT2D eigenvalue weighted by Crippen LogP contribution is 2.36. The van der Waals surface area contributed by atoms with Gasteiger partial charge in [0.05, 0.1) is 6.04 Å². The zero-order valence-corrected chi connectivity index (χ0v) is 12.6. The van der Waals surface area contributed by atoms with E-state index < -0.39 is 23.3 Å². The van der Waals surface area contributed by atoms with Gasteiger partial charge < -0.3 is 0 Å². The second kappa shape index (κ2) is 5.36. The summed E-state index contributed by atoms with van der Waals surface area (Å²) in [6.45, 7) is 5.39. The summed E-state index contributed by atoms with van der Waals surface area (Å²) < 4.78 is 0. The first-order valence-corrected chi connectivity index (χ1v) is 7.58. The molecule has 108 valence electrons. The Morgan fingerprint density at radius 3 is 2.45 bits per heavy atom. The number of nitrogens with zero attached hydrogens (tertiary/aromatic N) is 1. The maximum absolute atomic E-state index is 12.7. The van der Waals surface area contributed by atoms with Crippen molar-refractivity contribution in [2.24, 2.45) is 5.41 Å². The van der Waals surface area contributed by atoms with Crippen LogP contribution in [0.5, 0.6) is 0 Å². The smallest absolute Gasteiger partial charge is 0.277 e. The van der Waals surface area contributed by atoms with Gasteiger partial charge >= 0.3 is 6.03 Å². The fourth-order valence-electron chi connectivity index (χ4n) is 2.58. The number of thiophene rings is 1. The maximum Gasteiger partial charge on any atom is 0.331 e. The number of barbiturate groups is 1. The monoisotopic (exact) mass is 294 g/mol. The van der Waals surface area contributed by atoms with Gasteiger partial charge in [0.2, 0.25) is 11.8 Å². The van der Waals surface area contributed by atoms with E-state index in [9.17, 15) is 14.4 Å². The molecule has 5 nitrogen and oxygen atoms in total. The lowest BCUT2D eigenvalue weighted by molar-refractivity contribution is -0.153. The van der Waals surface area contributed by atoms with Crippen molar-refractivity contribution in [3.8, 4) is 0 Å². The molecule has 1 N–H and O–H groups in total. The number of carbonyl (C=O) groups is 3. The van der Waals surface area contributed by atoms with Gasteiger partial charge in [-0.25, -0.2) is 4.79 Å². The highest BCUT2D eigenvalue weighted by Gasteiger charge is 2.52. The molecule has 0 bridgehead atoms. The number of imide groups is 2. The first kappa shape index (κ1) is 14.7. The average molecular weight is 294 g/mol. The Labute approximate surface area is 122 Å². The van der Waals surface area contributed by atoms with Crippen molar-refractivity contribution in [3.05, 3.63) is 22.4 Å². The van der Waals surface area contributed by atoms with Crippen molar-refractivity contribution in [1.29, 1.82) is 0 Å². The van der Waals surface area contributed by atoms with Gasteiger partial charge in [-0.1, -0.05) is 19.9 Å². The number of hydrogen-bond donors (Lipinski definition) is 1. The minimum absolute atomic E-state index is 0.368. The number of carbonyl (C=O) groups excluding carboxylic acids is 3. The first-order valence-electron chi connectivity index (χ1n) is 6.70. The SMILES string of the molecule is CCC1(CC)C(=O)NC(=O)N(C(C)c2cccs2)C1=O. The lowest BCUT2D eigenvalue weighted by Crippen LogP contribution is -2.63. The molecule has 6 heteroatoms. The highest BCUT2D eigenvalue weighted by molar-refractivity contribution is 7.10. The van der Waals surface area contributed by atoms with Crippen LogP contribution in [0.15, 0.2) is 17.5 Å². The van der Waals surface area contributed by atoms with E-state index in [0.717, 1.165) is 4.88 Å². The highest BCUT2D eigenvalue weighted by atomic mass is 32.1. The van der Waals surface area contributed by atoms with Crippen LogP contribution in [0.25, 0.3) is 0 Å². The molecular formula is C14H18N2O3S. The van der Waals surface area contributed by atoms with Crippen LogP contribution < -0.4 is 5.32 Å². The van der Waals surface area contributed by atoms with E-state index in [4.69, 9.17) is 0 Å². The maximum atomic E-state index is 12.7. The van der Waals surface area contributed by atoms with E-state index in [1.165, 1.54) is 16.2 Å². The molecule has 20 heavy (non-hydrogen) atoms. The molecule has 2 rings (SSSR count). The van der Waals surface area contributed by atoms with Gasteiger partial charge in [-0.15, -0.1) is 11.3 Å². The van der Waals surface area contributed by atoms with E-state index in [1.54, 1.807) is 20.8 Å². The number of hydrogen-bond acceptors (Lipinski definition) is 4. The van der Waals surface area contributed by atoms with Gasteiger partial charge in [0.15, 0.2) is 0 Å². The molecule has 1 aliphatic rings. The molecule has 1 aromatic rings. The first-order chi connectivity index (χ1) is 9.47. The molecule has 1 unspecified atom stereocenters. The van der Waals surface area contributed by atoms with Gasteiger partial charge in [0.25, 0.3) is 0 Å². The van der Waals surface area contributed by atoms with Gasteiger partial charge in [0, 0.05) is 4.88 Å².